The number of hydrogen-bond acceptors (Lipinski definition) is 8. The molecular formula is C41H59N3O8. The summed E-state index contributed by atoms with van der Waals surface area (Å²) in [5.74, 6) is -4.55. The third-order valence-corrected chi connectivity index (χ3v) is 11.1. The first kappa shape index (κ1) is 41.0. The van der Waals surface area contributed by atoms with Crippen molar-refractivity contribution in [2.24, 2.45) is 29.4 Å². The van der Waals surface area contributed by atoms with Crippen molar-refractivity contribution in [2.45, 2.75) is 148 Å². The van der Waals surface area contributed by atoms with Crippen molar-refractivity contribution in [3.8, 4) is 0 Å². The van der Waals surface area contributed by atoms with Gasteiger partial charge in [-0.05, 0) is 64.4 Å². The second kappa shape index (κ2) is 18.9. The molecule has 1 aromatic carbocycles. The topological polar surface area (TPSA) is 170 Å². The average Bonchev–Trinajstić information content (AvgIpc) is 3.81. The number of amides is 3. The Morgan fingerprint density at radius 3 is 2.10 bits per heavy atom. The number of nitrogens with one attached hydrogen (secondary N) is 1. The molecule has 1 unspecified atom stereocenters. The molecule has 286 valence electrons. The molecule has 11 heteroatoms. The lowest BCUT2D eigenvalue weighted by Crippen LogP contribution is -2.47. The Bertz CT molecular complexity index is 1440. The molecule has 1 heterocycles. The maximum Gasteiger partial charge on any atom is 0.244 e. The highest BCUT2D eigenvalue weighted by molar-refractivity contribution is 6.38. The molecule has 1 saturated heterocycles. The number of rotatable bonds is 18. The first-order valence-corrected chi connectivity index (χ1v) is 19.4. The molecule has 0 spiro atoms. The molecule has 52 heavy (non-hydrogen) atoms. The lowest BCUT2D eigenvalue weighted by Gasteiger charge is -2.34. The largest absolute Gasteiger partial charge is 0.371 e. The van der Waals surface area contributed by atoms with Gasteiger partial charge in [0.25, 0.3) is 0 Å². The molecule has 2 saturated carbocycles. The van der Waals surface area contributed by atoms with Crippen LogP contribution in [0.2, 0.25) is 0 Å². The van der Waals surface area contributed by atoms with Gasteiger partial charge in [0.2, 0.25) is 23.5 Å². The van der Waals surface area contributed by atoms with Gasteiger partial charge in [-0.3, -0.25) is 33.6 Å². The first-order valence-electron chi connectivity index (χ1n) is 19.4. The summed E-state index contributed by atoms with van der Waals surface area (Å²) < 4.78 is 6.29. The number of nitrogens with zero attached hydrogens (tertiary/aromatic N) is 1. The third-order valence-electron chi connectivity index (χ3n) is 11.1. The fourth-order valence-corrected chi connectivity index (χ4v) is 8.34. The van der Waals surface area contributed by atoms with Crippen LogP contribution in [0, 0.1) is 23.7 Å². The summed E-state index contributed by atoms with van der Waals surface area (Å²) in [5, 5.41) is 2.53. The number of likely N-dealkylation sites (tertiary alicyclic amines) is 1. The zero-order valence-corrected chi connectivity index (χ0v) is 31.5. The molecular weight excluding hydrogens is 662 g/mol. The van der Waals surface area contributed by atoms with Crippen molar-refractivity contribution in [3.05, 3.63) is 35.9 Å². The normalized spacial score (nSPS) is 21.7. The maximum atomic E-state index is 14.6. The Morgan fingerprint density at radius 1 is 0.865 bits per heavy atom. The Balaban J connectivity index is 1.44. The van der Waals surface area contributed by atoms with E-state index in [2.05, 4.69) is 5.32 Å². The van der Waals surface area contributed by atoms with Crippen LogP contribution in [0.5, 0.6) is 0 Å². The number of nitrogens with two attached hydrogens (primary N) is 1. The van der Waals surface area contributed by atoms with E-state index in [0.717, 1.165) is 57.8 Å². The Labute approximate surface area is 308 Å². The summed E-state index contributed by atoms with van der Waals surface area (Å²) in [4.78, 5) is 94.8. The van der Waals surface area contributed by atoms with Crippen LogP contribution in [0.3, 0.4) is 0 Å². The molecule has 0 radical (unpaired) electrons. The standard InChI is InChI=1S/C41H59N3O8/c1-5-26(38(49)33(45)20-21-36(48)43-37(39(42)50)29-18-10-7-11-19-29)22-35(47)32-23-30(52-41(2,3)4)25-44(32)40(51)31(27-14-8-6-9-15-27)24-34(46)28-16-12-13-17-28/h7,10-11,18-19,26-28,30-32,37H,5-6,8-9,12-17,20-25H2,1-4H3,(H2,42,50)(H,43,48)/t26?,30-,31+,32+,37+/m1/s1. The van der Waals surface area contributed by atoms with Gasteiger partial charge in [-0.15, -0.1) is 0 Å². The molecule has 2 aliphatic carbocycles. The van der Waals surface area contributed by atoms with Crippen LogP contribution in [0.4, 0.5) is 0 Å². The van der Waals surface area contributed by atoms with E-state index >= 15 is 0 Å². The van der Waals surface area contributed by atoms with Crippen LogP contribution in [-0.4, -0.2) is 70.0 Å². The van der Waals surface area contributed by atoms with Gasteiger partial charge < -0.3 is 20.7 Å². The van der Waals surface area contributed by atoms with E-state index < -0.39 is 59.0 Å². The van der Waals surface area contributed by atoms with Gasteiger partial charge in [0, 0.05) is 56.4 Å². The predicted octanol–water partition coefficient (Wildman–Crippen LogP) is 5.36. The molecule has 3 fully saturated rings. The number of carbonyl (C=O) groups excluding carboxylic acids is 7. The van der Waals surface area contributed by atoms with Gasteiger partial charge in [-0.2, -0.15) is 0 Å². The third kappa shape index (κ3) is 11.4. The van der Waals surface area contributed by atoms with Gasteiger partial charge in [-0.1, -0.05) is 69.4 Å². The second-order valence-corrected chi connectivity index (χ2v) is 16.1. The number of ether oxygens (including phenoxy) is 1. The number of carbonyl (C=O) groups is 7. The van der Waals surface area contributed by atoms with Crippen molar-refractivity contribution < 1.29 is 38.3 Å². The number of hydrogen-bond donors (Lipinski definition) is 2. The molecule has 3 aliphatic rings. The summed E-state index contributed by atoms with van der Waals surface area (Å²) in [6.07, 6.45) is 8.05. The fourth-order valence-electron chi connectivity index (χ4n) is 8.34. The Kier molecular flexibility index (Phi) is 14.9. The number of primary amides is 1. The molecule has 3 amide bonds. The van der Waals surface area contributed by atoms with Crippen LogP contribution in [0.25, 0.3) is 0 Å². The van der Waals surface area contributed by atoms with Gasteiger partial charge in [0.1, 0.15) is 11.8 Å². The van der Waals surface area contributed by atoms with Crippen molar-refractivity contribution >= 4 is 40.9 Å². The Hall–Kier alpha value is -3.73. The SMILES string of the molecule is CCC(CC(=O)[C@@H]1C[C@@H](OC(C)(C)C)CN1C(=O)[C@@H](CC(=O)C1CCCC1)C1CCCCC1)C(=O)C(=O)CCC(=O)N[C@H](C(N)=O)c1ccccc1. The van der Waals surface area contributed by atoms with Crippen LogP contribution < -0.4 is 11.1 Å². The van der Waals surface area contributed by atoms with E-state index in [-0.39, 0.29) is 74.4 Å². The van der Waals surface area contributed by atoms with Crippen LogP contribution in [0.15, 0.2) is 30.3 Å². The lowest BCUT2D eigenvalue weighted by molar-refractivity contribution is -0.146. The maximum absolute atomic E-state index is 14.6. The lowest BCUT2D eigenvalue weighted by atomic mass is 9.76. The smallest absolute Gasteiger partial charge is 0.244 e. The summed E-state index contributed by atoms with van der Waals surface area (Å²) in [5.41, 5.74) is 5.47. The van der Waals surface area contributed by atoms with Gasteiger partial charge in [0.05, 0.1) is 17.7 Å². The molecule has 0 bridgehead atoms. The van der Waals surface area contributed by atoms with E-state index in [9.17, 15) is 33.6 Å². The summed E-state index contributed by atoms with van der Waals surface area (Å²) >= 11 is 0. The molecule has 1 aliphatic heterocycles. The minimum Gasteiger partial charge on any atom is -0.371 e. The highest BCUT2D eigenvalue weighted by atomic mass is 16.5. The van der Waals surface area contributed by atoms with Crippen molar-refractivity contribution in [3.63, 3.8) is 0 Å². The van der Waals surface area contributed by atoms with Crippen LogP contribution in [0.1, 0.15) is 136 Å². The van der Waals surface area contributed by atoms with E-state index in [1.54, 1.807) is 42.2 Å². The van der Waals surface area contributed by atoms with Crippen molar-refractivity contribution in [1.82, 2.24) is 10.2 Å². The van der Waals surface area contributed by atoms with Crippen molar-refractivity contribution in [1.29, 1.82) is 0 Å². The molecule has 11 nitrogen and oxygen atoms in total. The quantitative estimate of drug-likeness (QED) is 0.191. The molecule has 4 rings (SSSR count). The van der Waals surface area contributed by atoms with Crippen LogP contribution >= 0.6 is 0 Å². The monoisotopic (exact) mass is 721 g/mol. The molecule has 5 atom stereocenters. The molecule has 1 aromatic rings. The first-order chi connectivity index (χ1) is 24.7. The number of Topliss-reactive ketones (excluding diaryl/α,β-unsaturated/α-hetero) is 4. The van der Waals surface area contributed by atoms with Gasteiger partial charge >= 0.3 is 0 Å². The zero-order chi connectivity index (χ0) is 38.0. The number of benzene rings is 1. The minimum atomic E-state index is -1.08. The molecule has 3 N–H and O–H groups in total. The van der Waals surface area contributed by atoms with Gasteiger partial charge in [0.15, 0.2) is 11.6 Å². The van der Waals surface area contributed by atoms with E-state index in [0.29, 0.717) is 5.56 Å². The summed E-state index contributed by atoms with van der Waals surface area (Å²) in [7, 11) is 0. The summed E-state index contributed by atoms with van der Waals surface area (Å²) in [6.45, 7) is 7.72. The highest BCUT2D eigenvalue weighted by Crippen LogP contribution is 2.38. The highest BCUT2D eigenvalue weighted by Gasteiger charge is 2.46. The average molecular weight is 722 g/mol. The predicted molar refractivity (Wildman–Crippen MR) is 196 cm³/mol. The van der Waals surface area contributed by atoms with E-state index in [4.69, 9.17) is 10.5 Å². The molecule has 0 aromatic heterocycles. The Morgan fingerprint density at radius 2 is 1.50 bits per heavy atom. The van der Waals surface area contributed by atoms with E-state index in [1.165, 1.54) is 0 Å². The van der Waals surface area contributed by atoms with E-state index in [1.807, 2.05) is 20.8 Å². The zero-order valence-electron chi connectivity index (χ0n) is 31.5. The van der Waals surface area contributed by atoms with Gasteiger partial charge in [-0.25, -0.2) is 0 Å². The fraction of sp³-hybridized carbons (Fsp3) is 0.683. The van der Waals surface area contributed by atoms with Crippen molar-refractivity contribution in [2.75, 3.05) is 6.54 Å². The number of ketones is 4. The minimum absolute atomic E-state index is 0.000231. The summed E-state index contributed by atoms with van der Waals surface area (Å²) in [6, 6.07) is 6.55. The second-order valence-electron chi connectivity index (χ2n) is 16.1. The van der Waals surface area contributed by atoms with Crippen LogP contribution in [-0.2, 0) is 38.3 Å².